The predicted molar refractivity (Wildman–Crippen MR) is 74.4 cm³/mol. The van der Waals surface area contributed by atoms with Crippen molar-refractivity contribution >= 4 is 23.2 Å². The van der Waals surface area contributed by atoms with E-state index in [9.17, 15) is 0 Å². The van der Waals surface area contributed by atoms with Crippen LogP contribution in [0.15, 0.2) is 16.8 Å². The second kappa shape index (κ2) is 6.32. The summed E-state index contributed by atoms with van der Waals surface area (Å²) in [6.45, 7) is 5.00. The van der Waals surface area contributed by atoms with Gasteiger partial charge in [0, 0.05) is 18.7 Å². The van der Waals surface area contributed by atoms with E-state index in [-0.39, 0.29) is 6.04 Å². The molecule has 0 bridgehead atoms. The number of likely N-dealkylation sites (N-methyl/N-ethyl adjacent to an activating group) is 1. The molecule has 19 heavy (non-hydrogen) atoms. The summed E-state index contributed by atoms with van der Waals surface area (Å²) in [5, 5.41) is 8.03. The van der Waals surface area contributed by atoms with Crippen LogP contribution in [-0.2, 0) is 6.42 Å². The monoisotopic (exact) mass is 300 g/mol. The van der Waals surface area contributed by atoms with Crippen LogP contribution in [0, 0.1) is 0 Å². The molecule has 2 rings (SSSR count). The van der Waals surface area contributed by atoms with Crippen LogP contribution in [0.2, 0.25) is 10.0 Å². The molecule has 0 saturated heterocycles. The number of nitrogens with zero attached hydrogens (tertiary/aromatic N) is 3. The highest BCUT2D eigenvalue weighted by molar-refractivity contribution is 6.35. The van der Waals surface area contributed by atoms with Gasteiger partial charge in [0.2, 0.25) is 11.7 Å². The fourth-order valence-electron chi connectivity index (χ4n) is 1.70. The number of nitrogens with one attached hydrogen (secondary N) is 1. The standard InChI is InChI=1S/C12H14Cl2N4O/c1-3-15-7(2)4-10-17-12(18-19-10)11-9(14)5-8(13)6-16-11/h5-7,15H,3-4H2,1-2H3. The Hall–Kier alpha value is -1.17. The topological polar surface area (TPSA) is 63.8 Å². The van der Waals surface area contributed by atoms with Crippen LogP contribution in [-0.4, -0.2) is 27.7 Å². The van der Waals surface area contributed by atoms with Gasteiger partial charge in [-0.15, -0.1) is 0 Å². The van der Waals surface area contributed by atoms with Crippen LogP contribution in [0.25, 0.3) is 11.5 Å². The van der Waals surface area contributed by atoms with Crippen LogP contribution in [0.1, 0.15) is 19.7 Å². The maximum atomic E-state index is 6.05. The summed E-state index contributed by atoms with van der Waals surface area (Å²) in [7, 11) is 0. The van der Waals surface area contributed by atoms with E-state index in [0.29, 0.717) is 33.9 Å². The molecule has 2 aromatic heterocycles. The molecule has 102 valence electrons. The van der Waals surface area contributed by atoms with E-state index in [1.807, 2.05) is 6.92 Å². The Morgan fingerprint density at radius 1 is 1.42 bits per heavy atom. The smallest absolute Gasteiger partial charge is 0.228 e. The summed E-state index contributed by atoms with van der Waals surface area (Å²) in [5.41, 5.74) is 0.470. The molecule has 0 saturated carbocycles. The zero-order valence-corrected chi connectivity index (χ0v) is 12.2. The zero-order chi connectivity index (χ0) is 13.8. The third-order valence-corrected chi connectivity index (χ3v) is 3.02. The Labute approximate surface area is 121 Å². The maximum Gasteiger partial charge on any atom is 0.228 e. The van der Waals surface area contributed by atoms with E-state index in [4.69, 9.17) is 27.7 Å². The Morgan fingerprint density at radius 3 is 2.89 bits per heavy atom. The van der Waals surface area contributed by atoms with Crippen molar-refractivity contribution < 1.29 is 4.52 Å². The first kappa shape index (κ1) is 14.2. The Bertz CT molecular complexity index is 558. The third kappa shape index (κ3) is 3.65. The molecule has 0 fully saturated rings. The van der Waals surface area contributed by atoms with E-state index in [1.54, 1.807) is 6.07 Å². The molecule has 0 aliphatic heterocycles. The SMILES string of the molecule is CCNC(C)Cc1nc(-c2ncc(Cl)cc2Cl)no1. The van der Waals surface area contributed by atoms with Gasteiger partial charge in [0.15, 0.2) is 0 Å². The molecule has 0 amide bonds. The zero-order valence-electron chi connectivity index (χ0n) is 10.7. The molecule has 2 heterocycles. The number of aromatic nitrogens is 3. The van der Waals surface area contributed by atoms with Crippen LogP contribution >= 0.6 is 23.2 Å². The van der Waals surface area contributed by atoms with E-state index in [0.717, 1.165) is 6.54 Å². The third-order valence-electron chi connectivity index (χ3n) is 2.52. The number of rotatable bonds is 5. The predicted octanol–water partition coefficient (Wildman–Crippen LogP) is 2.98. The minimum absolute atomic E-state index is 0.270. The van der Waals surface area contributed by atoms with Crippen molar-refractivity contribution in [1.82, 2.24) is 20.4 Å². The molecule has 0 spiro atoms. The van der Waals surface area contributed by atoms with E-state index < -0.39 is 0 Å². The first-order valence-electron chi connectivity index (χ1n) is 5.97. The lowest BCUT2D eigenvalue weighted by Crippen LogP contribution is -2.27. The lowest BCUT2D eigenvalue weighted by molar-refractivity contribution is 0.363. The maximum absolute atomic E-state index is 6.05. The van der Waals surface area contributed by atoms with Gasteiger partial charge in [0.05, 0.1) is 10.0 Å². The van der Waals surface area contributed by atoms with Gasteiger partial charge in [-0.25, -0.2) is 4.98 Å². The molecule has 7 heteroatoms. The van der Waals surface area contributed by atoms with Crippen molar-refractivity contribution in [3.63, 3.8) is 0 Å². The van der Waals surface area contributed by atoms with Gasteiger partial charge in [0.1, 0.15) is 5.69 Å². The first-order valence-corrected chi connectivity index (χ1v) is 6.73. The molecule has 5 nitrogen and oxygen atoms in total. The van der Waals surface area contributed by atoms with Crippen molar-refractivity contribution in [2.75, 3.05) is 6.54 Å². The lowest BCUT2D eigenvalue weighted by Gasteiger charge is -2.07. The first-order chi connectivity index (χ1) is 9.10. The second-order valence-corrected chi connectivity index (χ2v) is 5.00. The van der Waals surface area contributed by atoms with Gasteiger partial charge in [0.25, 0.3) is 0 Å². The van der Waals surface area contributed by atoms with Gasteiger partial charge in [-0.05, 0) is 19.5 Å². The Kier molecular flexibility index (Phi) is 4.74. The molecule has 0 radical (unpaired) electrons. The molecule has 0 aliphatic rings. The van der Waals surface area contributed by atoms with Gasteiger partial charge in [-0.2, -0.15) is 4.98 Å². The van der Waals surface area contributed by atoms with Crippen LogP contribution in [0.3, 0.4) is 0 Å². The second-order valence-electron chi connectivity index (χ2n) is 4.16. The lowest BCUT2D eigenvalue weighted by atomic mass is 10.2. The summed E-state index contributed by atoms with van der Waals surface area (Å²) < 4.78 is 5.19. The van der Waals surface area contributed by atoms with Crippen molar-refractivity contribution in [3.8, 4) is 11.5 Å². The molecule has 0 aromatic carbocycles. The summed E-state index contributed by atoms with van der Waals surface area (Å²) in [6, 6.07) is 1.87. The number of hydrogen-bond acceptors (Lipinski definition) is 5. The van der Waals surface area contributed by atoms with Crippen LogP contribution in [0.5, 0.6) is 0 Å². The fourth-order valence-corrected chi connectivity index (χ4v) is 2.16. The number of halogens is 2. The quantitative estimate of drug-likeness (QED) is 0.919. The Balaban J connectivity index is 2.16. The van der Waals surface area contributed by atoms with E-state index in [2.05, 4.69) is 27.4 Å². The molecule has 1 N–H and O–H groups in total. The molecular weight excluding hydrogens is 287 g/mol. The average Bonchev–Trinajstić information content (AvgIpc) is 2.77. The number of hydrogen-bond donors (Lipinski definition) is 1. The van der Waals surface area contributed by atoms with Gasteiger partial charge < -0.3 is 9.84 Å². The fraction of sp³-hybridized carbons (Fsp3) is 0.417. The largest absolute Gasteiger partial charge is 0.339 e. The molecule has 1 unspecified atom stereocenters. The normalized spacial score (nSPS) is 12.6. The summed E-state index contributed by atoms with van der Waals surface area (Å²) >= 11 is 11.8. The van der Waals surface area contributed by atoms with E-state index in [1.165, 1.54) is 6.20 Å². The highest BCUT2D eigenvalue weighted by atomic mass is 35.5. The highest BCUT2D eigenvalue weighted by Crippen LogP contribution is 2.25. The molecular formula is C12H14Cl2N4O. The highest BCUT2D eigenvalue weighted by Gasteiger charge is 2.15. The molecule has 2 aromatic rings. The summed E-state index contributed by atoms with van der Waals surface area (Å²) in [6.07, 6.45) is 2.16. The van der Waals surface area contributed by atoms with Crippen LogP contribution in [0.4, 0.5) is 0 Å². The van der Waals surface area contributed by atoms with Gasteiger partial charge >= 0.3 is 0 Å². The summed E-state index contributed by atoms with van der Waals surface area (Å²) in [4.78, 5) is 8.40. The van der Waals surface area contributed by atoms with Crippen molar-refractivity contribution in [3.05, 3.63) is 28.2 Å². The van der Waals surface area contributed by atoms with Crippen molar-refractivity contribution in [2.45, 2.75) is 26.3 Å². The molecule has 0 aliphatic carbocycles. The number of pyridine rings is 1. The minimum atomic E-state index is 0.270. The van der Waals surface area contributed by atoms with E-state index >= 15 is 0 Å². The van der Waals surface area contributed by atoms with Crippen molar-refractivity contribution in [2.24, 2.45) is 0 Å². The minimum Gasteiger partial charge on any atom is -0.339 e. The summed E-state index contributed by atoms with van der Waals surface area (Å²) in [5.74, 6) is 0.927. The van der Waals surface area contributed by atoms with Crippen LogP contribution < -0.4 is 5.32 Å². The van der Waals surface area contributed by atoms with Gasteiger partial charge in [-0.1, -0.05) is 35.3 Å². The molecule has 1 atom stereocenters. The average molecular weight is 301 g/mol. The van der Waals surface area contributed by atoms with Gasteiger partial charge in [-0.3, -0.25) is 0 Å². The Morgan fingerprint density at radius 2 is 2.21 bits per heavy atom. The van der Waals surface area contributed by atoms with Crippen molar-refractivity contribution in [1.29, 1.82) is 0 Å².